The number of piperidine rings is 1. The fourth-order valence-corrected chi connectivity index (χ4v) is 3.02. The van der Waals surface area contributed by atoms with Crippen molar-refractivity contribution >= 4 is 12.0 Å². The van der Waals surface area contributed by atoms with Crippen molar-refractivity contribution < 1.29 is 19.1 Å². The van der Waals surface area contributed by atoms with E-state index in [4.69, 9.17) is 9.47 Å². The van der Waals surface area contributed by atoms with Crippen molar-refractivity contribution in [2.24, 2.45) is 0 Å². The van der Waals surface area contributed by atoms with E-state index in [1.54, 1.807) is 12.4 Å². The molecule has 0 radical (unpaired) electrons. The Bertz CT molecular complexity index is 664. The Morgan fingerprint density at radius 3 is 2.39 bits per heavy atom. The molecule has 0 aromatic carbocycles. The molecular weight excluding hydrogens is 358 g/mol. The maximum absolute atomic E-state index is 12.9. The molecule has 0 bridgehead atoms. The van der Waals surface area contributed by atoms with Crippen LogP contribution < -0.4 is 5.32 Å². The maximum atomic E-state index is 12.9. The molecule has 0 saturated carbocycles. The van der Waals surface area contributed by atoms with E-state index in [1.165, 1.54) is 4.90 Å². The predicted molar refractivity (Wildman–Crippen MR) is 107 cm³/mol. The van der Waals surface area contributed by atoms with E-state index in [0.717, 1.165) is 5.56 Å². The maximum Gasteiger partial charge on any atom is 0.410 e. The third-order valence-electron chi connectivity index (χ3n) is 4.22. The minimum absolute atomic E-state index is 0.109. The topological polar surface area (TPSA) is 80.8 Å². The summed E-state index contributed by atoms with van der Waals surface area (Å²) in [6.07, 6.45) is 3.97. The molecule has 0 spiro atoms. The summed E-state index contributed by atoms with van der Waals surface area (Å²) in [6, 6.07) is 3.18. The third kappa shape index (κ3) is 7.11. The second kappa shape index (κ2) is 8.90. The molecule has 1 aromatic heterocycles. The summed E-state index contributed by atoms with van der Waals surface area (Å²) >= 11 is 0. The fraction of sp³-hybridized carbons (Fsp3) is 0.667. The van der Waals surface area contributed by atoms with Gasteiger partial charge >= 0.3 is 6.09 Å². The van der Waals surface area contributed by atoms with Crippen molar-refractivity contribution in [1.82, 2.24) is 15.2 Å². The largest absolute Gasteiger partial charge is 0.444 e. The van der Waals surface area contributed by atoms with Crippen molar-refractivity contribution in [3.05, 3.63) is 30.1 Å². The van der Waals surface area contributed by atoms with Gasteiger partial charge in [-0.25, -0.2) is 4.79 Å². The lowest BCUT2D eigenvalue weighted by Crippen LogP contribution is -2.58. The van der Waals surface area contributed by atoms with E-state index in [1.807, 2.05) is 53.7 Å². The van der Waals surface area contributed by atoms with Gasteiger partial charge in [0.05, 0.1) is 12.7 Å². The van der Waals surface area contributed by atoms with Gasteiger partial charge in [0, 0.05) is 30.9 Å². The van der Waals surface area contributed by atoms with E-state index in [2.05, 4.69) is 10.3 Å². The normalized spacial score (nSPS) is 20.6. The van der Waals surface area contributed by atoms with Gasteiger partial charge in [-0.2, -0.15) is 0 Å². The number of pyridine rings is 1. The van der Waals surface area contributed by atoms with Crippen molar-refractivity contribution in [2.45, 2.75) is 84.3 Å². The first-order valence-corrected chi connectivity index (χ1v) is 9.77. The van der Waals surface area contributed by atoms with Gasteiger partial charge in [0.1, 0.15) is 11.6 Å². The number of nitrogens with zero attached hydrogens (tertiary/aromatic N) is 2. The summed E-state index contributed by atoms with van der Waals surface area (Å²) in [6.45, 7) is 12.1. The highest BCUT2D eigenvalue weighted by Gasteiger charge is 2.39. The molecule has 156 valence electrons. The Kier molecular flexibility index (Phi) is 7.04. The standard InChI is InChI=1S/C21H33N3O4/c1-20(2,3)23-18(25)17-13-16(27-14-15-7-10-22-11-8-15)9-12-24(17)19(26)28-21(4,5)6/h7-8,10-11,16-17H,9,12-14H2,1-6H3,(H,23,25)/t16-,17+/m1/s1. The SMILES string of the molecule is CC(C)(C)NC(=O)[C@@H]1C[C@H](OCc2ccncc2)CCN1C(=O)OC(C)(C)C. The van der Waals surface area contributed by atoms with Crippen LogP contribution in [0.15, 0.2) is 24.5 Å². The second-order valence-electron chi connectivity index (χ2n) is 9.24. The zero-order chi connectivity index (χ0) is 20.9. The number of hydrogen-bond donors (Lipinski definition) is 1. The summed E-state index contributed by atoms with van der Waals surface area (Å²) in [4.78, 5) is 31.1. The van der Waals surface area contributed by atoms with Gasteiger partial charge in [0.15, 0.2) is 0 Å². The fourth-order valence-electron chi connectivity index (χ4n) is 3.02. The molecule has 1 aliphatic rings. The number of amides is 2. The molecule has 1 aliphatic heterocycles. The molecule has 1 N–H and O–H groups in total. The van der Waals surface area contributed by atoms with Gasteiger partial charge in [-0.1, -0.05) is 0 Å². The Labute approximate surface area is 167 Å². The van der Waals surface area contributed by atoms with Crippen LogP contribution in [0.5, 0.6) is 0 Å². The number of aromatic nitrogens is 1. The van der Waals surface area contributed by atoms with Gasteiger partial charge in [0.25, 0.3) is 0 Å². The zero-order valence-electron chi connectivity index (χ0n) is 17.8. The van der Waals surface area contributed by atoms with E-state index < -0.39 is 17.7 Å². The van der Waals surface area contributed by atoms with Crippen molar-refractivity contribution in [3.63, 3.8) is 0 Å². The Morgan fingerprint density at radius 2 is 1.82 bits per heavy atom. The van der Waals surface area contributed by atoms with Crippen LogP contribution in [0, 0.1) is 0 Å². The van der Waals surface area contributed by atoms with Gasteiger partial charge in [-0.3, -0.25) is 14.7 Å². The van der Waals surface area contributed by atoms with E-state index >= 15 is 0 Å². The molecule has 1 saturated heterocycles. The third-order valence-corrected chi connectivity index (χ3v) is 4.22. The van der Waals surface area contributed by atoms with Crippen LogP contribution in [-0.2, 0) is 20.9 Å². The molecule has 0 unspecified atom stereocenters. The number of hydrogen-bond acceptors (Lipinski definition) is 5. The van der Waals surface area contributed by atoms with E-state index in [9.17, 15) is 9.59 Å². The van der Waals surface area contributed by atoms with Crippen LogP contribution in [-0.4, -0.2) is 51.7 Å². The van der Waals surface area contributed by atoms with Crippen LogP contribution in [0.2, 0.25) is 0 Å². The molecule has 28 heavy (non-hydrogen) atoms. The highest BCUT2D eigenvalue weighted by molar-refractivity contribution is 5.86. The molecule has 7 nitrogen and oxygen atoms in total. The predicted octanol–water partition coefficient (Wildman–Crippen LogP) is 3.28. The van der Waals surface area contributed by atoms with E-state index in [0.29, 0.717) is 26.0 Å². The molecule has 2 atom stereocenters. The van der Waals surface area contributed by atoms with Crippen LogP contribution in [0.4, 0.5) is 4.79 Å². The summed E-state index contributed by atoms with van der Waals surface area (Å²) < 4.78 is 11.5. The Balaban J connectivity index is 2.07. The summed E-state index contributed by atoms with van der Waals surface area (Å²) in [5, 5.41) is 2.98. The number of ether oxygens (including phenoxy) is 2. The van der Waals surface area contributed by atoms with Crippen molar-refractivity contribution in [3.8, 4) is 0 Å². The molecule has 7 heteroatoms. The number of likely N-dealkylation sites (tertiary alicyclic amines) is 1. The first-order valence-electron chi connectivity index (χ1n) is 9.77. The van der Waals surface area contributed by atoms with Crippen LogP contribution in [0.25, 0.3) is 0 Å². The van der Waals surface area contributed by atoms with Crippen LogP contribution in [0.1, 0.15) is 59.9 Å². The van der Waals surface area contributed by atoms with E-state index in [-0.39, 0.29) is 17.6 Å². The number of nitrogens with one attached hydrogen (secondary N) is 1. The number of carbonyl (C=O) groups is 2. The molecule has 2 rings (SSSR count). The minimum atomic E-state index is -0.620. The quantitative estimate of drug-likeness (QED) is 0.852. The van der Waals surface area contributed by atoms with Gasteiger partial charge < -0.3 is 14.8 Å². The smallest absolute Gasteiger partial charge is 0.410 e. The monoisotopic (exact) mass is 391 g/mol. The van der Waals surface area contributed by atoms with Crippen molar-refractivity contribution in [1.29, 1.82) is 0 Å². The number of carbonyl (C=O) groups excluding carboxylic acids is 2. The molecule has 1 aromatic rings. The molecule has 0 aliphatic carbocycles. The van der Waals surface area contributed by atoms with Gasteiger partial charge in [-0.05, 0) is 65.7 Å². The van der Waals surface area contributed by atoms with Gasteiger partial charge in [-0.15, -0.1) is 0 Å². The lowest BCUT2D eigenvalue weighted by atomic mass is 9.97. The summed E-state index contributed by atoms with van der Waals surface area (Å²) in [5.41, 5.74) is 0.0264. The molecule has 2 heterocycles. The highest BCUT2D eigenvalue weighted by Crippen LogP contribution is 2.24. The average molecular weight is 392 g/mol. The zero-order valence-corrected chi connectivity index (χ0v) is 17.8. The summed E-state index contributed by atoms with van der Waals surface area (Å²) in [5.74, 6) is -0.185. The van der Waals surface area contributed by atoms with Crippen molar-refractivity contribution in [2.75, 3.05) is 6.54 Å². The average Bonchev–Trinajstić information content (AvgIpc) is 2.57. The lowest BCUT2D eigenvalue weighted by molar-refractivity contribution is -0.132. The van der Waals surface area contributed by atoms with Crippen LogP contribution in [0.3, 0.4) is 0 Å². The second-order valence-corrected chi connectivity index (χ2v) is 9.24. The Hall–Kier alpha value is -2.15. The number of rotatable bonds is 4. The first kappa shape index (κ1) is 22.1. The molecular formula is C21H33N3O4. The molecule has 1 fully saturated rings. The van der Waals surface area contributed by atoms with Crippen LogP contribution >= 0.6 is 0 Å². The van der Waals surface area contributed by atoms with Gasteiger partial charge in [0.2, 0.25) is 5.91 Å². The molecule has 2 amide bonds. The lowest BCUT2D eigenvalue weighted by Gasteiger charge is -2.40. The highest BCUT2D eigenvalue weighted by atomic mass is 16.6. The minimum Gasteiger partial charge on any atom is -0.444 e. The summed E-state index contributed by atoms with van der Waals surface area (Å²) in [7, 11) is 0. The first-order chi connectivity index (χ1) is 12.9. The Morgan fingerprint density at radius 1 is 1.18 bits per heavy atom.